The molecule has 0 aliphatic rings. The van der Waals surface area contributed by atoms with Crippen LogP contribution in [0.3, 0.4) is 0 Å². The van der Waals surface area contributed by atoms with E-state index in [4.69, 9.17) is 15.6 Å². The standard InChI is InChI=1S/C10H17NO6/c1-5(2)10(16)17-9(6(11)3-12)8(15)7(14)4-13/h3,6-9,13-15H,1,4,11H2,2H3/t6-,7+,8-,9+/m0/s1. The molecule has 98 valence electrons. The molecule has 7 nitrogen and oxygen atoms in total. The summed E-state index contributed by atoms with van der Waals surface area (Å²) in [7, 11) is 0. The van der Waals surface area contributed by atoms with Crippen LogP contribution < -0.4 is 5.73 Å². The number of esters is 1. The molecule has 0 rings (SSSR count). The van der Waals surface area contributed by atoms with Gasteiger partial charge in [-0.15, -0.1) is 0 Å². The second kappa shape index (κ2) is 7.13. The monoisotopic (exact) mass is 247 g/mol. The number of aldehydes is 1. The minimum atomic E-state index is -1.66. The van der Waals surface area contributed by atoms with Gasteiger partial charge in [0.15, 0.2) is 6.10 Å². The van der Waals surface area contributed by atoms with Gasteiger partial charge in [-0.25, -0.2) is 4.79 Å². The molecule has 0 bridgehead atoms. The number of hydrogen-bond donors (Lipinski definition) is 4. The molecule has 5 N–H and O–H groups in total. The number of aliphatic hydroxyl groups excluding tert-OH is 3. The van der Waals surface area contributed by atoms with E-state index in [1.807, 2.05) is 0 Å². The molecule has 0 aliphatic heterocycles. The fraction of sp³-hybridized carbons (Fsp3) is 0.600. The molecule has 0 radical (unpaired) electrons. The van der Waals surface area contributed by atoms with E-state index in [-0.39, 0.29) is 11.9 Å². The first-order valence-electron chi connectivity index (χ1n) is 4.89. The summed E-state index contributed by atoms with van der Waals surface area (Å²) in [4.78, 5) is 21.8. The molecule has 0 fully saturated rings. The highest BCUT2D eigenvalue weighted by Crippen LogP contribution is 2.09. The summed E-state index contributed by atoms with van der Waals surface area (Å²) in [6, 6.07) is -1.31. The Kier molecular flexibility index (Phi) is 6.59. The van der Waals surface area contributed by atoms with Crippen molar-refractivity contribution >= 4 is 12.3 Å². The van der Waals surface area contributed by atoms with Crippen molar-refractivity contribution in [2.24, 2.45) is 5.73 Å². The maximum absolute atomic E-state index is 11.2. The summed E-state index contributed by atoms with van der Waals surface area (Å²) < 4.78 is 4.73. The van der Waals surface area contributed by atoms with Gasteiger partial charge in [-0.1, -0.05) is 6.58 Å². The normalized spacial score (nSPS) is 17.7. The first kappa shape index (κ1) is 15.7. The lowest BCUT2D eigenvalue weighted by molar-refractivity contribution is -0.159. The summed E-state index contributed by atoms with van der Waals surface area (Å²) in [5, 5.41) is 27.4. The lowest BCUT2D eigenvalue weighted by Gasteiger charge is -2.27. The van der Waals surface area contributed by atoms with Gasteiger partial charge in [0.05, 0.1) is 6.61 Å². The lowest BCUT2D eigenvalue weighted by atomic mass is 10.0. The molecule has 0 heterocycles. The number of hydrogen-bond acceptors (Lipinski definition) is 7. The van der Waals surface area contributed by atoms with Gasteiger partial charge in [-0.05, 0) is 6.92 Å². The topological polar surface area (TPSA) is 130 Å². The zero-order chi connectivity index (χ0) is 13.6. The van der Waals surface area contributed by atoms with Crippen LogP contribution in [0.5, 0.6) is 0 Å². The quantitative estimate of drug-likeness (QED) is 0.226. The molecule has 0 aromatic carbocycles. The Labute approximate surface area is 98.5 Å². The van der Waals surface area contributed by atoms with E-state index < -0.39 is 36.9 Å². The van der Waals surface area contributed by atoms with Crippen LogP contribution in [0.15, 0.2) is 12.2 Å². The van der Waals surface area contributed by atoms with Crippen molar-refractivity contribution in [3.63, 3.8) is 0 Å². The van der Waals surface area contributed by atoms with Crippen LogP contribution >= 0.6 is 0 Å². The Morgan fingerprint density at radius 2 is 2.06 bits per heavy atom. The summed E-state index contributed by atoms with van der Waals surface area (Å²) in [5.74, 6) is -0.850. The molecular formula is C10H17NO6. The van der Waals surface area contributed by atoms with Crippen molar-refractivity contribution in [2.45, 2.75) is 31.3 Å². The van der Waals surface area contributed by atoms with Gasteiger partial charge in [0.2, 0.25) is 0 Å². The van der Waals surface area contributed by atoms with E-state index in [0.29, 0.717) is 0 Å². The van der Waals surface area contributed by atoms with Crippen LogP contribution in [0.25, 0.3) is 0 Å². The molecule has 0 saturated carbocycles. The van der Waals surface area contributed by atoms with Crippen LogP contribution in [-0.2, 0) is 14.3 Å². The number of aliphatic hydroxyl groups is 3. The van der Waals surface area contributed by atoms with Crippen molar-refractivity contribution in [2.75, 3.05) is 6.61 Å². The van der Waals surface area contributed by atoms with Gasteiger partial charge in [0.25, 0.3) is 0 Å². The highest BCUT2D eigenvalue weighted by atomic mass is 16.6. The van der Waals surface area contributed by atoms with Gasteiger partial charge >= 0.3 is 5.97 Å². The van der Waals surface area contributed by atoms with Gasteiger partial charge in [0.1, 0.15) is 24.5 Å². The van der Waals surface area contributed by atoms with Crippen LogP contribution in [0.2, 0.25) is 0 Å². The van der Waals surface area contributed by atoms with Crippen LogP contribution in [0.1, 0.15) is 6.92 Å². The predicted molar refractivity (Wildman–Crippen MR) is 57.8 cm³/mol. The van der Waals surface area contributed by atoms with Gasteiger partial charge in [-0.3, -0.25) is 0 Å². The molecular weight excluding hydrogens is 230 g/mol. The second-order valence-electron chi connectivity index (χ2n) is 3.60. The maximum Gasteiger partial charge on any atom is 0.333 e. The predicted octanol–water partition coefficient (Wildman–Crippen LogP) is -2.29. The number of carbonyl (C=O) groups excluding carboxylic acids is 2. The van der Waals surface area contributed by atoms with Crippen molar-refractivity contribution in [1.29, 1.82) is 0 Å². The Morgan fingerprint density at radius 1 is 1.53 bits per heavy atom. The summed E-state index contributed by atoms with van der Waals surface area (Å²) in [6.07, 6.45) is -4.41. The molecule has 0 aliphatic carbocycles. The van der Waals surface area contributed by atoms with Crippen LogP contribution in [0, 0.1) is 0 Å². The largest absolute Gasteiger partial charge is 0.454 e. The van der Waals surface area contributed by atoms with Crippen LogP contribution in [0.4, 0.5) is 0 Å². The number of ether oxygens (including phenoxy) is 1. The average Bonchev–Trinajstić information content (AvgIpc) is 2.32. The molecule has 17 heavy (non-hydrogen) atoms. The third-order valence-electron chi connectivity index (χ3n) is 2.05. The molecule has 4 atom stereocenters. The third kappa shape index (κ3) is 4.61. The molecule has 0 amide bonds. The molecule has 0 spiro atoms. The Bertz CT molecular complexity index is 293. The summed E-state index contributed by atoms with van der Waals surface area (Å²) >= 11 is 0. The van der Waals surface area contributed by atoms with Crippen molar-refractivity contribution < 1.29 is 29.6 Å². The highest BCUT2D eigenvalue weighted by Gasteiger charge is 2.34. The molecule has 7 heteroatoms. The molecule has 0 saturated heterocycles. The van der Waals surface area contributed by atoms with Gasteiger partial charge < -0.3 is 30.6 Å². The first-order chi connectivity index (χ1) is 7.84. The van der Waals surface area contributed by atoms with Crippen molar-refractivity contribution in [3.05, 3.63) is 12.2 Å². The molecule has 0 aromatic rings. The number of carbonyl (C=O) groups is 2. The Morgan fingerprint density at radius 3 is 2.41 bits per heavy atom. The van der Waals surface area contributed by atoms with E-state index in [1.54, 1.807) is 0 Å². The minimum absolute atomic E-state index is 0.0544. The smallest absolute Gasteiger partial charge is 0.333 e. The van der Waals surface area contributed by atoms with Crippen molar-refractivity contribution in [3.8, 4) is 0 Å². The lowest BCUT2D eigenvalue weighted by Crippen LogP contribution is -2.52. The van der Waals surface area contributed by atoms with Crippen LogP contribution in [-0.4, -0.2) is 58.5 Å². The van der Waals surface area contributed by atoms with Gasteiger partial charge in [0, 0.05) is 5.57 Å². The number of rotatable bonds is 7. The zero-order valence-corrected chi connectivity index (χ0v) is 9.44. The number of nitrogens with two attached hydrogens (primary N) is 1. The summed E-state index contributed by atoms with van der Waals surface area (Å²) in [6.45, 7) is 3.94. The fourth-order valence-corrected chi connectivity index (χ4v) is 1.00. The van der Waals surface area contributed by atoms with E-state index in [2.05, 4.69) is 6.58 Å². The molecule has 0 unspecified atom stereocenters. The van der Waals surface area contributed by atoms with Gasteiger partial charge in [-0.2, -0.15) is 0 Å². The second-order valence-corrected chi connectivity index (χ2v) is 3.60. The highest BCUT2D eigenvalue weighted by molar-refractivity contribution is 5.87. The van der Waals surface area contributed by atoms with E-state index in [0.717, 1.165) is 0 Å². The fourth-order valence-electron chi connectivity index (χ4n) is 1.00. The van der Waals surface area contributed by atoms with E-state index >= 15 is 0 Å². The first-order valence-corrected chi connectivity index (χ1v) is 4.89. The SMILES string of the molecule is C=C(C)C(=O)O[C@@H]([C@@H](O)[C@H](O)CO)[C@@H](N)C=O. The molecule has 0 aromatic heterocycles. The zero-order valence-electron chi connectivity index (χ0n) is 9.44. The Hall–Kier alpha value is -1.28. The Balaban J connectivity index is 4.81. The van der Waals surface area contributed by atoms with Crippen molar-refractivity contribution in [1.82, 2.24) is 0 Å². The summed E-state index contributed by atoms with van der Waals surface area (Å²) in [5.41, 5.74) is 5.39. The maximum atomic E-state index is 11.2. The van der Waals surface area contributed by atoms with E-state index in [9.17, 15) is 19.8 Å². The van der Waals surface area contributed by atoms with E-state index in [1.165, 1.54) is 6.92 Å². The minimum Gasteiger partial charge on any atom is -0.454 e. The average molecular weight is 247 g/mol. The third-order valence-corrected chi connectivity index (χ3v) is 2.05.